The zero-order chi connectivity index (χ0) is 25.5. The van der Waals surface area contributed by atoms with Crippen LogP contribution in [0.4, 0.5) is 11.6 Å². The van der Waals surface area contributed by atoms with Gasteiger partial charge < -0.3 is 29.5 Å². The smallest absolute Gasteiger partial charge is 0.160 e. The van der Waals surface area contributed by atoms with Crippen LogP contribution in [0.5, 0.6) is 11.5 Å². The highest BCUT2D eigenvalue weighted by Gasteiger charge is 2.15. The minimum atomic E-state index is 0.662. The van der Waals surface area contributed by atoms with E-state index < -0.39 is 0 Å². The molecule has 37 heavy (non-hydrogen) atoms. The molecule has 0 radical (unpaired) electrons. The molecule has 0 unspecified atom stereocenters. The summed E-state index contributed by atoms with van der Waals surface area (Å²) >= 11 is 0. The summed E-state index contributed by atoms with van der Waals surface area (Å²) < 4.78 is 16.3. The second-order valence-electron chi connectivity index (χ2n) is 9.01. The van der Waals surface area contributed by atoms with E-state index in [2.05, 4.69) is 45.0 Å². The number of nitrogens with zero attached hydrogens (tertiary/aromatic N) is 3. The van der Waals surface area contributed by atoms with Crippen LogP contribution in [-0.4, -0.2) is 55.5 Å². The number of benzene rings is 2. The van der Waals surface area contributed by atoms with Crippen molar-refractivity contribution in [1.82, 2.24) is 20.4 Å². The van der Waals surface area contributed by atoms with Crippen molar-refractivity contribution in [3.63, 3.8) is 0 Å². The van der Waals surface area contributed by atoms with Crippen LogP contribution in [0.15, 0.2) is 54.7 Å². The number of para-hydroxylation sites is 1. The van der Waals surface area contributed by atoms with E-state index >= 15 is 0 Å². The number of aromatic nitrogens is 3. The summed E-state index contributed by atoms with van der Waals surface area (Å²) in [5.41, 5.74) is 10.2. The Morgan fingerprint density at radius 1 is 0.973 bits per heavy atom. The Morgan fingerprint density at radius 3 is 2.65 bits per heavy atom. The maximum atomic E-state index is 5.54. The number of hydrazine groups is 1. The Hall–Kier alpha value is -3.82. The van der Waals surface area contributed by atoms with Crippen molar-refractivity contribution in [2.45, 2.75) is 25.8 Å². The summed E-state index contributed by atoms with van der Waals surface area (Å²) in [6, 6.07) is 16.4. The van der Waals surface area contributed by atoms with E-state index in [1.807, 2.05) is 30.5 Å². The van der Waals surface area contributed by atoms with Gasteiger partial charge in [-0.25, -0.2) is 15.4 Å². The molecule has 9 heteroatoms. The molecule has 1 aliphatic heterocycles. The topological polar surface area (TPSA) is 96.6 Å². The zero-order valence-electron chi connectivity index (χ0n) is 21.4. The molecule has 1 aliphatic rings. The van der Waals surface area contributed by atoms with Crippen LogP contribution < -0.4 is 25.2 Å². The lowest BCUT2D eigenvalue weighted by Gasteiger charge is -2.28. The number of methoxy groups -OCH3 is 2. The van der Waals surface area contributed by atoms with Gasteiger partial charge >= 0.3 is 0 Å². The lowest BCUT2D eigenvalue weighted by molar-refractivity contribution is 0.122. The number of fused-ring (bicyclic) bond motifs is 1. The monoisotopic (exact) mass is 502 g/mol. The van der Waals surface area contributed by atoms with Crippen molar-refractivity contribution >= 4 is 22.5 Å². The van der Waals surface area contributed by atoms with E-state index in [9.17, 15) is 0 Å². The number of nitrogens with one attached hydrogen (secondary N) is 3. The first-order chi connectivity index (χ1) is 18.2. The molecule has 1 fully saturated rings. The van der Waals surface area contributed by atoms with Gasteiger partial charge in [-0.3, -0.25) is 0 Å². The molecule has 194 valence electrons. The van der Waals surface area contributed by atoms with Crippen LogP contribution in [0.3, 0.4) is 0 Å². The molecule has 2 aromatic heterocycles. The molecule has 3 N–H and O–H groups in total. The third kappa shape index (κ3) is 6.12. The van der Waals surface area contributed by atoms with Gasteiger partial charge in [-0.05, 0) is 42.2 Å². The fraction of sp³-hybridized carbons (Fsp3) is 0.357. The molecular weight excluding hydrogens is 468 g/mol. The number of rotatable bonds is 11. The molecule has 1 saturated heterocycles. The second kappa shape index (κ2) is 11.9. The first-order valence-electron chi connectivity index (χ1n) is 12.7. The fourth-order valence-electron chi connectivity index (χ4n) is 4.61. The van der Waals surface area contributed by atoms with Gasteiger partial charge in [0.25, 0.3) is 0 Å². The number of H-pyrrole nitrogens is 1. The highest BCUT2D eigenvalue weighted by molar-refractivity contribution is 5.83. The minimum Gasteiger partial charge on any atom is -0.493 e. The number of hydrogen-bond acceptors (Lipinski definition) is 8. The zero-order valence-corrected chi connectivity index (χ0v) is 21.4. The quantitative estimate of drug-likeness (QED) is 0.264. The number of aromatic amines is 1. The highest BCUT2D eigenvalue weighted by Crippen LogP contribution is 2.28. The van der Waals surface area contributed by atoms with Crippen LogP contribution in [0.2, 0.25) is 0 Å². The molecule has 0 saturated carbocycles. The standard InChI is InChI=1S/C28H34N6O3/c1-35-24-11-10-20(16-25(24)36-2)6-5-9-26-31-27(17-28(32-26)34-12-14-37-15-13-34)33-30-19-21-18-29-23-8-4-3-7-22(21)23/h3-4,7-8,10-11,16-18,29-30H,5-6,9,12-15,19H2,1-2H3,(H,31,32,33). The number of ether oxygens (including phenoxy) is 3. The summed E-state index contributed by atoms with van der Waals surface area (Å²) in [7, 11) is 3.31. The Bertz CT molecular complexity index is 1320. The molecule has 0 amide bonds. The largest absolute Gasteiger partial charge is 0.493 e. The van der Waals surface area contributed by atoms with Gasteiger partial charge in [-0.15, -0.1) is 0 Å². The van der Waals surface area contributed by atoms with Gasteiger partial charge in [-0.1, -0.05) is 24.3 Å². The molecule has 9 nitrogen and oxygen atoms in total. The molecule has 4 aromatic rings. The molecular formula is C28H34N6O3. The lowest BCUT2D eigenvalue weighted by atomic mass is 10.1. The van der Waals surface area contributed by atoms with Gasteiger partial charge in [0.15, 0.2) is 11.5 Å². The van der Waals surface area contributed by atoms with Crippen molar-refractivity contribution in [2.75, 3.05) is 50.8 Å². The van der Waals surface area contributed by atoms with E-state index in [1.165, 1.54) is 16.5 Å². The molecule has 0 spiro atoms. The van der Waals surface area contributed by atoms with E-state index in [0.717, 1.165) is 66.8 Å². The van der Waals surface area contributed by atoms with Crippen molar-refractivity contribution in [3.05, 3.63) is 71.7 Å². The minimum absolute atomic E-state index is 0.662. The van der Waals surface area contributed by atoms with E-state index in [-0.39, 0.29) is 0 Å². The number of anilines is 2. The van der Waals surface area contributed by atoms with Gasteiger partial charge in [0.2, 0.25) is 0 Å². The fourth-order valence-corrected chi connectivity index (χ4v) is 4.61. The summed E-state index contributed by atoms with van der Waals surface area (Å²) in [6.07, 6.45) is 4.62. The molecule has 5 rings (SSSR count). The van der Waals surface area contributed by atoms with E-state index in [0.29, 0.717) is 19.8 Å². The average molecular weight is 503 g/mol. The van der Waals surface area contributed by atoms with Gasteiger partial charge in [0, 0.05) is 49.2 Å². The molecule has 2 aromatic carbocycles. The Labute approximate surface area is 217 Å². The Kier molecular flexibility index (Phi) is 8.02. The summed E-state index contributed by atoms with van der Waals surface area (Å²) in [6.45, 7) is 3.73. The third-order valence-corrected chi connectivity index (χ3v) is 6.58. The van der Waals surface area contributed by atoms with E-state index in [1.54, 1.807) is 14.2 Å². The number of morpholine rings is 1. The average Bonchev–Trinajstić information content (AvgIpc) is 3.36. The maximum absolute atomic E-state index is 5.54. The molecule has 3 heterocycles. The predicted octanol–water partition coefficient (Wildman–Crippen LogP) is 4.10. The van der Waals surface area contributed by atoms with Crippen molar-refractivity contribution < 1.29 is 14.2 Å². The summed E-state index contributed by atoms with van der Waals surface area (Å²) in [5, 5.41) is 1.21. The molecule has 0 atom stereocenters. The van der Waals surface area contributed by atoms with Crippen molar-refractivity contribution in [3.8, 4) is 11.5 Å². The normalized spacial score (nSPS) is 13.6. The van der Waals surface area contributed by atoms with Crippen LogP contribution >= 0.6 is 0 Å². The SMILES string of the molecule is COc1ccc(CCCc2nc(NNCc3c[nH]c4ccccc34)cc(N3CCOCC3)n2)cc1OC. The van der Waals surface area contributed by atoms with Crippen LogP contribution in [0.25, 0.3) is 10.9 Å². The first-order valence-corrected chi connectivity index (χ1v) is 12.7. The van der Waals surface area contributed by atoms with Crippen LogP contribution in [-0.2, 0) is 24.1 Å². The lowest BCUT2D eigenvalue weighted by Crippen LogP contribution is -2.37. The number of hydrogen-bond donors (Lipinski definition) is 3. The van der Waals surface area contributed by atoms with Gasteiger partial charge in [0.05, 0.1) is 27.4 Å². The van der Waals surface area contributed by atoms with E-state index in [4.69, 9.17) is 24.2 Å². The predicted molar refractivity (Wildman–Crippen MR) is 145 cm³/mol. The summed E-state index contributed by atoms with van der Waals surface area (Å²) in [4.78, 5) is 15.3. The van der Waals surface area contributed by atoms with Crippen LogP contribution in [0.1, 0.15) is 23.4 Å². The maximum Gasteiger partial charge on any atom is 0.160 e. The molecule has 0 aliphatic carbocycles. The third-order valence-electron chi connectivity index (χ3n) is 6.58. The van der Waals surface area contributed by atoms with Gasteiger partial charge in [0.1, 0.15) is 17.5 Å². The highest BCUT2D eigenvalue weighted by atomic mass is 16.5. The molecule has 0 bridgehead atoms. The Morgan fingerprint density at radius 2 is 1.81 bits per heavy atom. The second-order valence-corrected chi connectivity index (χ2v) is 9.01. The Balaban J connectivity index is 1.26. The van der Waals surface area contributed by atoms with Crippen molar-refractivity contribution in [1.29, 1.82) is 0 Å². The first kappa shape index (κ1) is 24.9. The summed E-state index contributed by atoms with van der Waals surface area (Å²) in [5.74, 6) is 4.00. The van der Waals surface area contributed by atoms with Crippen molar-refractivity contribution in [2.24, 2.45) is 0 Å². The number of aryl methyl sites for hydroxylation is 2. The van der Waals surface area contributed by atoms with Crippen LogP contribution in [0, 0.1) is 0 Å². The van der Waals surface area contributed by atoms with Gasteiger partial charge in [-0.2, -0.15) is 0 Å².